The Hall–Kier alpha value is -3.67. The lowest BCUT2D eigenvalue weighted by molar-refractivity contribution is 0.0904. The Balaban J connectivity index is 1.17. The molecule has 3 aromatic carbocycles. The first-order valence-electron chi connectivity index (χ1n) is 11.8. The summed E-state index contributed by atoms with van der Waals surface area (Å²) in [6, 6.07) is 16.8. The maximum atomic E-state index is 14.5. The summed E-state index contributed by atoms with van der Waals surface area (Å²) in [5.41, 5.74) is 12.5. The Kier molecular flexibility index (Phi) is 4.90. The van der Waals surface area contributed by atoms with Crippen LogP contribution in [0.15, 0.2) is 54.6 Å². The first kappa shape index (κ1) is 20.9. The van der Waals surface area contributed by atoms with Crippen molar-refractivity contribution in [3.8, 4) is 11.1 Å². The number of nitrogens with two attached hydrogens (primary N) is 1. The molecule has 0 saturated heterocycles. The van der Waals surface area contributed by atoms with Crippen molar-refractivity contribution in [2.24, 2.45) is 0 Å². The Morgan fingerprint density at radius 1 is 1.03 bits per heavy atom. The number of hydrogen-bond donors (Lipinski definition) is 2. The van der Waals surface area contributed by atoms with Gasteiger partial charge in [0.2, 0.25) is 0 Å². The predicted molar refractivity (Wildman–Crippen MR) is 127 cm³/mol. The van der Waals surface area contributed by atoms with E-state index in [1.807, 2.05) is 24.3 Å². The number of ketones is 1. The first-order valence-corrected chi connectivity index (χ1v) is 11.8. The van der Waals surface area contributed by atoms with E-state index in [0.717, 1.165) is 40.7 Å². The SMILES string of the molecule is Nc1cc(F)c(C2CC2)c2c1C(=O)C(NC(=O)OCC1c3ccccc3-c3ccccc31)CC2. The lowest BCUT2D eigenvalue weighted by Crippen LogP contribution is -2.44. The number of benzene rings is 3. The van der Waals surface area contributed by atoms with E-state index in [-0.39, 0.29) is 35.7 Å². The molecule has 0 aliphatic heterocycles. The Labute approximate surface area is 197 Å². The van der Waals surface area contributed by atoms with Crippen molar-refractivity contribution in [3.05, 3.63) is 88.2 Å². The molecule has 3 aliphatic carbocycles. The summed E-state index contributed by atoms with van der Waals surface area (Å²) in [6.45, 7) is 0.177. The molecule has 1 amide bonds. The Morgan fingerprint density at radius 2 is 1.68 bits per heavy atom. The number of nitrogen functional groups attached to an aromatic ring is 1. The number of nitrogens with one attached hydrogen (secondary N) is 1. The van der Waals surface area contributed by atoms with Gasteiger partial charge in [-0.05, 0) is 71.0 Å². The third kappa shape index (κ3) is 3.36. The highest BCUT2D eigenvalue weighted by Crippen LogP contribution is 2.46. The van der Waals surface area contributed by atoms with Gasteiger partial charge in [0.05, 0.1) is 6.04 Å². The lowest BCUT2D eigenvalue weighted by Gasteiger charge is -2.27. The Bertz CT molecular complexity index is 1290. The van der Waals surface area contributed by atoms with E-state index in [1.165, 1.54) is 6.07 Å². The molecule has 3 N–H and O–H groups in total. The van der Waals surface area contributed by atoms with Crippen LogP contribution < -0.4 is 11.1 Å². The number of fused-ring (bicyclic) bond motifs is 4. The van der Waals surface area contributed by atoms with Crippen LogP contribution in [0, 0.1) is 5.82 Å². The molecular weight excluding hydrogens is 431 g/mol. The third-order valence-corrected chi connectivity index (χ3v) is 7.32. The molecule has 0 spiro atoms. The number of Topliss-reactive ketones (excluding diaryl/α,β-unsaturated/α-hetero) is 1. The van der Waals surface area contributed by atoms with Crippen LogP contribution in [0.4, 0.5) is 14.9 Å². The van der Waals surface area contributed by atoms with Crippen LogP contribution in [0.3, 0.4) is 0 Å². The number of ether oxygens (including phenoxy) is 1. The standard InChI is InChI=1S/C28H25FN2O3/c29-22-13-23(30)26-20(25(22)15-9-10-15)11-12-24(27(26)32)31-28(33)34-14-21-18-7-3-1-5-16(18)17-6-2-4-8-19(17)21/h1-8,13,15,21,24H,9-12,14,30H2,(H,31,33). The second-order valence-electron chi connectivity index (χ2n) is 9.41. The summed E-state index contributed by atoms with van der Waals surface area (Å²) in [6.07, 6.45) is 2.14. The minimum Gasteiger partial charge on any atom is -0.449 e. The van der Waals surface area contributed by atoms with Gasteiger partial charge < -0.3 is 15.8 Å². The van der Waals surface area contributed by atoms with Crippen LogP contribution in [0.2, 0.25) is 0 Å². The molecule has 0 aromatic heterocycles. The zero-order chi connectivity index (χ0) is 23.4. The van der Waals surface area contributed by atoms with Gasteiger partial charge in [0.25, 0.3) is 0 Å². The van der Waals surface area contributed by atoms with Gasteiger partial charge in [-0.25, -0.2) is 9.18 Å². The van der Waals surface area contributed by atoms with Crippen LogP contribution in [0.5, 0.6) is 0 Å². The average molecular weight is 457 g/mol. The second-order valence-corrected chi connectivity index (χ2v) is 9.41. The maximum Gasteiger partial charge on any atom is 0.407 e. The molecule has 1 unspecified atom stereocenters. The fourth-order valence-electron chi connectivity index (χ4n) is 5.62. The van der Waals surface area contributed by atoms with Crippen molar-refractivity contribution in [1.29, 1.82) is 0 Å². The van der Waals surface area contributed by atoms with Gasteiger partial charge in [0, 0.05) is 17.2 Å². The number of halogens is 1. The van der Waals surface area contributed by atoms with Crippen molar-refractivity contribution < 1.29 is 18.7 Å². The van der Waals surface area contributed by atoms with Gasteiger partial charge in [0.1, 0.15) is 12.4 Å². The fourth-order valence-corrected chi connectivity index (χ4v) is 5.62. The van der Waals surface area contributed by atoms with E-state index in [2.05, 4.69) is 29.6 Å². The molecule has 0 bridgehead atoms. The van der Waals surface area contributed by atoms with E-state index in [4.69, 9.17) is 10.5 Å². The lowest BCUT2D eigenvalue weighted by atomic mass is 9.82. The van der Waals surface area contributed by atoms with Crippen LogP contribution in [0.25, 0.3) is 11.1 Å². The number of carbonyl (C=O) groups excluding carboxylic acids is 2. The molecule has 5 nitrogen and oxygen atoms in total. The molecular formula is C28H25FN2O3. The summed E-state index contributed by atoms with van der Waals surface area (Å²) in [5, 5.41) is 2.73. The largest absolute Gasteiger partial charge is 0.449 e. The third-order valence-electron chi connectivity index (χ3n) is 7.32. The molecule has 34 heavy (non-hydrogen) atoms. The molecule has 3 aliphatic rings. The smallest absolute Gasteiger partial charge is 0.407 e. The zero-order valence-corrected chi connectivity index (χ0v) is 18.6. The van der Waals surface area contributed by atoms with Gasteiger partial charge in [-0.15, -0.1) is 0 Å². The monoisotopic (exact) mass is 456 g/mol. The first-order chi connectivity index (χ1) is 16.5. The number of anilines is 1. The molecule has 6 rings (SSSR count). The summed E-state index contributed by atoms with van der Waals surface area (Å²) in [5.74, 6) is -0.474. The average Bonchev–Trinajstić information content (AvgIpc) is 3.61. The molecule has 3 aromatic rings. The normalized spacial score (nSPS) is 18.7. The highest BCUT2D eigenvalue weighted by Gasteiger charge is 2.38. The van der Waals surface area contributed by atoms with Crippen LogP contribution in [-0.2, 0) is 11.2 Å². The van der Waals surface area contributed by atoms with Crippen molar-refractivity contribution in [1.82, 2.24) is 5.32 Å². The predicted octanol–water partition coefficient (Wildman–Crippen LogP) is 5.32. The molecule has 1 saturated carbocycles. The highest BCUT2D eigenvalue weighted by molar-refractivity contribution is 6.07. The quantitative estimate of drug-likeness (QED) is 0.521. The number of hydrogen-bond acceptors (Lipinski definition) is 4. The topological polar surface area (TPSA) is 81.4 Å². The minimum atomic E-state index is -0.733. The van der Waals surface area contributed by atoms with Gasteiger partial charge in [-0.1, -0.05) is 48.5 Å². The zero-order valence-electron chi connectivity index (χ0n) is 18.6. The molecule has 1 fully saturated rings. The van der Waals surface area contributed by atoms with E-state index in [9.17, 15) is 14.0 Å². The number of alkyl carbamates (subject to hydrolysis) is 1. The van der Waals surface area contributed by atoms with E-state index >= 15 is 0 Å². The summed E-state index contributed by atoms with van der Waals surface area (Å²) in [4.78, 5) is 25.9. The van der Waals surface area contributed by atoms with Gasteiger partial charge in [-0.2, -0.15) is 0 Å². The van der Waals surface area contributed by atoms with Crippen molar-refractivity contribution in [2.45, 2.75) is 43.6 Å². The number of carbonyl (C=O) groups is 2. The molecule has 6 heteroatoms. The molecule has 0 heterocycles. The molecule has 172 valence electrons. The van der Waals surface area contributed by atoms with Crippen LogP contribution in [0.1, 0.15) is 63.7 Å². The fraction of sp³-hybridized carbons (Fsp3) is 0.286. The van der Waals surface area contributed by atoms with Gasteiger partial charge >= 0.3 is 6.09 Å². The summed E-state index contributed by atoms with van der Waals surface area (Å²) >= 11 is 0. The van der Waals surface area contributed by atoms with Crippen molar-refractivity contribution in [3.63, 3.8) is 0 Å². The van der Waals surface area contributed by atoms with E-state index in [0.29, 0.717) is 24.0 Å². The summed E-state index contributed by atoms with van der Waals surface area (Å²) in [7, 11) is 0. The van der Waals surface area contributed by atoms with Crippen molar-refractivity contribution in [2.75, 3.05) is 12.3 Å². The van der Waals surface area contributed by atoms with Crippen LogP contribution in [-0.4, -0.2) is 24.5 Å². The van der Waals surface area contributed by atoms with Gasteiger partial charge in [-0.3, -0.25) is 4.79 Å². The highest BCUT2D eigenvalue weighted by atomic mass is 19.1. The van der Waals surface area contributed by atoms with Crippen molar-refractivity contribution >= 4 is 17.6 Å². The molecule has 1 atom stereocenters. The van der Waals surface area contributed by atoms with E-state index in [1.54, 1.807) is 0 Å². The van der Waals surface area contributed by atoms with E-state index < -0.39 is 12.1 Å². The van der Waals surface area contributed by atoms with Crippen LogP contribution >= 0.6 is 0 Å². The number of amides is 1. The number of rotatable bonds is 4. The Morgan fingerprint density at radius 3 is 2.32 bits per heavy atom. The minimum absolute atomic E-state index is 0.0550. The molecule has 0 radical (unpaired) electrons. The second kappa shape index (κ2) is 7.97. The maximum absolute atomic E-state index is 14.5. The summed E-state index contributed by atoms with van der Waals surface area (Å²) < 4.78 is 20.1. The van der Waals surface area contributed by atoms with Gasteiger partial charge in [0.15, 0.2) is 5.78 Å².